The van der Waals surface area contributed by atoms with Gasteiger partial charge >= 0.3 is 5.97 Å². The van der Waals surface area contributed by atoms with Crippen molar-refractivity contribution in [1.29, 1.82) is 0 Å². The number of amides is 1. The van der Waals surface area contributed by atoms with Crippen molar-refractivity contribution in [2.45, 2.75) is 32.2 Å². The van der Waals surface area contributed by atoms with E-state index in [2.05, 4.69) is 10.4 Å². The summed E-state index contributed by atoms with van der Waals surface area (Å²) in [7, 11) is 0. The Balaban J connectivity index is 2.17. The Kier molecular flexibility index (Phi) is 5.16. The number of nitro groups is 1. The van der Waals surface area contributed by atoms with Crippen LogP contribution in [0.5, 0.6) is 0 Å². The average molecular weight is 346 g/mol. The van der Waals surface area contributed by atoms with E-state index in [-0.39, 0.29) is 29.9 Å². The van der Waals surface area contributed by atoms with E-state index in [0.717, 1.165) is 0 Å². The molecule has 0 aliphatic rings. The van der Waals surface area contributed by atoms with Crippen LogP contribution in [-0.2, 0) is 4.79 Å². The SMILES string of the molecule is CC(C)(CCC(=O)O)NC(=O)c1ccn(-c2ccccc2[N+](=O)[O-])n1. The number of hydrogen-bond acceptors (Lipinski definition) is 5. The predicted molar refractivity (Wildman–Crippen MR) is 88.6 cm³/mol. The van der Waals surface area contributed by atoms with Crippen molar-refractivity contribution in [2.24, 2.45) is 0 Å². The normalized spacial score (nSPS) is 11.1. The zero-order chi connectivity index (χ0) is 18.6. The summed E-state index contributed by atoms with van der Waals surface area (Å²) in [6, 6.07) is 7.51. The van der Waals surface area contributed by atoms with Gasteiger partial charge in [-0.15, -0.1) is 0 Å². The Morgan fingerprint density at radius 1 is 1.32 bits per heavy atom. The second-order valence-electron chi connectivity index (χ2n) is 6.12. The number of nitro benzene ring substituents is 1. The molecule has 1 heterocycles. The number of carbonyl (C=O) groups is 2. The van der Waals surface area contributed by atoms with Crippen LogP contribution >= 0.6 is 0 Å². The van der Waals surface area contributed by atoms with E-state index in [1.54, 1.807) is 26.0 Å². The maximum atomic E-state index is 12.3. The van der Waals surface area contributed by atoms with Crippen molar-refractivity contribution < 1.29 is 19.6 Å². The summed E-state index contributed by atoms with van der Waals surface area (Å²) in [6.45, 7) is 3.43. The van der Waals surface area contributed by atoms with Gasteiger partial charge in [-0.25, -0.2) is 4.68 Å². The van der Waals surface area contributed by atoms with Crippen LogP contribution in [0, 0.1) is 10.1 Å². The fourth-order valence-corrected chi connectivity index (χ4v) is 2.24. The van der Waals surface area contributed by atoms with E-state index < -0.39 is 22.3 Å². The van der Waals surface area contributed by atoms with Crippen molar-refractivity contribution in [3.05, 3.63) is 52.3 Å². The molecule has 1 aromatic heterocycles. The van der Waals surface area contributed by atoms with Gasteiger partial charge in [-0.2, -0.15) is 5.10 Å². The van der Waals surface area contributed by atoms with E-state index in [1.165, 1.54) is 29.1 Å². The Morgan fingerprint density at radius 2 is 2.00 bits per heavy atom. The maximum absolute atomic E-state index is 12.3. The minimum atomic E-state index is -0.942. The van der Waals surface area contributed by atoms with Crippen LogP contribution in [0.2, 0.25) is 0 Å². The molecule has 0 saturated heterocycles. The third kappa shape index (κ3) is 4.63. The number of para-hydroxylation sites is 2. The van der Waals surface area contributed by atoms with Crippen LogP contribution in [0.3, 0.4) is 0 Å². The first-order valence-electron chi connectivity index (χ1n) is 7.53. The minimum Gasteiger partial charge on any atom is -0.481 e. The first-order chi connectivity index (χ1) is 11.7. The molecule has 0 unspecified atom stereocenters. The number of nitrogens with zero attached hydrogens (tertiary/aromatic N) is 3. The Hall–Kier alpha value is -3.23. The highest BCUT2D eigenvalue weighted by molar-refractivity contribution is 5.92. The molecule has 0 saturated carbocycles. The number of benzene rings is 1. The van der Waals surface area contributed by atoms with Gasteiger partial charge in [0.25, 0.3) is 11.6 Å². The number of nitrogens with one attached hydrogen (secondary N) is 1. The topological polar surface area (TPSA) is 127 Å². The van der Waals surface area contributed by atoms with Gasteiger partial charge in [0.05, 0.1) is 4.92 Å². The fraction of sp³-hybridized carbons (Fsp3) is 0.312. The highest BCUT2D eigenvalue weighted by atomic mass is 16.6. The molecule has 9 heteroatoms. The van der Waals surface area contributed by atoms with E-state index in [1.807, 2.05) is 0 Å². The van der Waals surface area contributed by atoms with E-state index in [0.29, 0.717) is 0 Å². The lowest BCUT2D eigenvalue weighted by molar-refractivity contribution is -0.384. The molecule has 25 heavy (non-hydrogen) atoms. The number of carboxylic acids is 1. The van der Waals surface area contributed by atoms with Gasteiger partial charge in [-0.05, 0) is 32.4 Å². The van der Waals surface area contributed by atoms with E-state index in [9.17, 15) is 19.7 Å². The molecule has 0 bridgehead atoms. The second-order valence-corrected chi connectivity index (χ2v) is 6.12. The molecule has 9 nitrogen and oxygen atoms in total. The monoisotopic (exact) mass is 346 g/mol. The van der Waals surface area contributed by atoms with Crippen LogP contribution in [0.4, 0.5) is 5.69 Å². The van der Waals surface area contributed by atoms with E-state index >= 15 is 0 Å². The summed E-state index contributed by atoms with van der Waals surface area (Å²) in [5.41, 5.74) is -0.518. The molecule has 132 valence electrons. The third-order valence-electron chi connectivity index (χ3n) is 3.56. The van der Waals surface area contributed by atoms with Crippen molar-refractivity contribution in [3.63, 3.8) is 0 Å². The lowest BCUT2D eigenvalue weighted by Crippen LogP contribution is -2.43. The summed E-state index contributed by atoms with van der Waals surface area (Å²) in [5.74, 6) is -1.42. The summed E-state index contributed by atoms with van der Waals surface area (Å²) < 4.78 is 1.26. The van der Waals surface area contributed by atoms with Gasteiger partial charge in [0.1, 0.15) is 5.69 Å². The molecule has 1 amide bonds. The Bertz CT molecular complexity index is 812. The van der Waals surface area contributed by atoms with Crippen LogP contribution in [-0.4, -0.2) is 37.2 Å². The van der Waals surface area contributed by atoms with E-state index in [4.69, 9.17) is 5.11 Å². The largest absolute Gasteiger partial charge is 0.481 e. The number of aliphatic carboxylic acids is 1. The number of carboxylic acid groups (broad SMARTS) is 1. The minimum absolute atomic E-state index is 0.0715. The van der Waals surface area contributed by atoms with Crippen molar-refractivity contribution in [2.75, 3.05) is 0 Å². The van der Waals surface area contributed by atoms with Crippen molar-refractivity contribution in [3.8, 4) is 5.69 Å². The average Bonchev–Trinajstić information content (AvgIpc) is 3.02. The maximum Gasteiger partial charge on any atom is 0.303 e. The van der Waals surface area contributed by atoms with Gasteiger partial charge in [0.2, 0.25) is 0 Å². The molecular formula is C16H18N4O5. The van der Waals surface area contributed by atoms with Crippen LogP contribution in [0.15, 0.2) is 36.5 Å². The van der Waals surface area contributed by atoms with Gasteiger partial charge in [-0.1, -0.05) is 12.1 Å². The van der Waals surface area contributed by atoms with Crippen molar-refractivity contribution >= 4 is 17.6 Å². The number of aromatic nitrogens is 2. The molecule has 0 radical (unpaired) electrons. The number of carbonyl (C=O) groups excluding carboxylic acids is 1. The summed E-state index contributed by atoms with van der Waals surface area (Å²) in [4.78, 5) is 33.5. The van der Waals surface area contributed by atoms with Gasteiger partial charge in [-0.3, -0.25) is 19.7 Å². The molecule has 1 aromatic carbocycles. The zero-order valence-corrected chi connectivity index (χ0v) is 13.8. The highest BCUT2D eigenvalue weighted by Crippen LogP contribution is 2.21. The molecule has 0 atom stereocenters. The molecule has 2 aromatic rings. The smallest absolute Gasteiger partial charge is 0.303 e. The Morgan fingerprint density at radius 3 is 2.64 bits per heavy atom. The molecular weight excluding hydrogens is 328 g/mol. The van der Waals surface area contributed by atoms with Crippen LogP contribution in [0.25, 0.3) is 5.69 Å². The summed E-state index contributed by atoms with van der Waals surface area (Å²) in [6.07, 6.45) is 1.65. The first-order valence-corrected chi connectivity index (χ1v) is 7.53. The second kappa shape index (κ2) is 7.12. The van der Waals surface area contributed by atoms with Crippen LogP contribution in [0.1, 0.15) is 37.2 Å². The van der Waals surface area contributed by atoms with Gasteiger partial charge in [0, 0.05) is 24.2 Å². The zero-order valence-electron chi connectivity index (χ0n) is 13.8. The standard InChI is InChI=1S/C16H18N4O5/c1-16(2,9-7-14(21)22)17-15(23)11-8-10-19(18-11)12-5-3-4-6-13(12)20(24)25/h3-6,8,10H,7,9H2,1-2H3,(H,17,23)(H,21,22). The lowest BCUT2D eigenvalue weighted by Gasteiger charge is -2.25. The summed E-state index contributed by atoms with van der Waals surface area (Å²) in [5, 5.41) is 26.6. The lowest BCUT2D eigenvalue weighted by atomic mass is 9.98. The predicted octanol–water partition coefficient (Wildman–Crippen LogP) is 2.15. The Labute approximate surface area is 143 Å². The van der Waals surface area contributed by atoms with Crippen molar-refractivity contribution in [1.82, 2.24) is 15.1 Å². The number of rotatable bonds is 7. The van der Waals surface area contributed by atoms with Gasteiger partial charge < -0.3 is 10.4 Å². The summed E-state index contributed by atoms with van der Waals surface area (Å²) >= 11 is 0. The third-order valence-corrected chi connectivity index (χ3v) is 3.56. The van der Waals surface area contributed by atoms with Gasteiger partial charge in [0.15, 0.2) is 5.69 Å². The molecule has 2 N–H and O–H groups in total. The number of hydrogen-bond donors (Lipinski definition) is 2. The van der Waals surface area contributed by atoms with Crippen LogP contribution < -0.4 is 5.32 Å². The first kappa shape index (κ1) is 18.1. The highest BCUT2D eigenvalue weighted by Gasteiger charge is 2.24. The molecule has 2 rings (SSSR count). The molecule has 0 spiro atoms. The fourth-order valence-electron chi connectivity index (χ4n) is 2.24. The molecule has 0 fully saturated rings. The molecule has 0 aliphatic carbocycles. The molecule has 0 aliphatic heterocycles. The quantitative estimate of drug-likeness (QED) is 0.584.